The topological polar surface area (TPSA) is 35.5 Å². The molecule has 1 aliphatic rings. The molecule has 16 heavy (non-hydrogen) atoms. The highest BCUT2D eigenvalue weighted by atomic mass is 35.5. The monoisotopic (exact) mass is 244 g/mol. The van der Waals surface area contributed by atoms with Gasteiger partial charge in [-0.05, 0) is 32.9 Å². The lowest BCUT2D eigenvalue weighted by Crippen LogP contribution is -2.45. The minimum absolute atomic E-state index is 0.00133. The van der Waals surface area contributed by atoms with E-state index in [-0.39, 0.29) is 5.78 Å². The highest BCUT2D eigenvalue weighted by Crippen LogP contribution is 2.34. The van der Waals surface area contributed by atoms with E-state index < -0.39 is 11.7 Å². The number of ether oxygens (including phenoxy) is 2. The van der Waals surface area contributed by atoms with Crippen molar-refractivity contribution in [3.63, 3.8) is 0 Å². The van der Waals surface area contributed by atoms with Crippen molar-refractivity contribution in [2.75, 3.05) is 13.2 Å². The van der Waals surface area contributed by atoms with Crippen LogP contribution in [0.3, 0.4) is 0 Å². The summed E-state index contributed by atoms with van der Waals surface area (Å²) in [6.45, 7) is 6.15. The molecule has 0 radical (unpaired) electrons. The van der Waals surface area contributed by atoms with Gasteiger partial charge in [-0.1, -0.05) is 17.7 Å². The first-order chi connectivity index (χ1) is 7.55. The summed E-state index contributed by atoms with van der Waals surface area (Å²) in [6, 6.07) is 0. The van der Waals surface area contributed by atoms with E-state index in [9.17, 15) is 4.79 Å². The highest BCUT2D eigenvalue weighted by molar-refractivity contribution is 6.31. The normalized spacial score (nSPS) is 23.0. The fourth-order valence-corrected chi connectivity index (χ4v) is 2.05. The quantitative estimate of drug-likeness (QED) is 0.698. The second kappa shape index (κ2) is 5.62. The average Bonchev–Trinajstić information content (AvgIpc) is 2.17. The molecule has 1 aliphatic carbocycles. The number of carbonyl (C=O) groups is 1. The number of hydrogen-bond acceptors (Lipinski definition) is 3. The Morgan fingerprint density at radius 3 is 2.44 bits per heavy atom. The predicted molar refractivity (Wildman–Crippen MR) is 63.2 cm³/mol. The Hall–Kier alpha value is -0.640. The fraction of sp³-hybridized carbons (Fsp3) is 0.583. The van der Waals surface area contributed by atoms with Crippen molar-refractivity contribution in [2.45, 2.75) is 26.6 Å². The number of ketones is 1. The number of Topliss-reactive ketones (excluding diaryl/α,β-unsaturated/α-hetero) is 1. The van der Waals surface area contributed by atoms with Gasteiger partial charge in [-0.2, -0.15) is 0 Å². The van der Waals surface area contributed by atoms with E-state index >= 15 is 0 Å². The molecule has 0 heterocycles. The first-order valence-electron chi connectivity index (χ1n) is 5.40. The molecule has 0 amide bonds. The molecule has 0 N–H and O–H groups in total. The zero-order valence-electron chi connectivity index (χ0n) is 9.83. The Labute approximate surface area is 101 Å². The van der Waals surface area contributed by atoms with Crippen LogP contribution >= 0.6 is 11.6 Å². The third-order valence-electron chi connectivity index (χ3n) is 2.40. The van der Waals surface area contributed by atoms with Crippen molar-refractivity contribution in [1.82, 2.24) is 0 Å². The molecule has 0 aliphatic heterocycles. The molecular weight excluding hydrogens is 228 g/mol. The van der Waals surface area contributed by atoms with Crippen LogP contribution in [0, 0.1) is 5.92 Å². The second-order valence-corrected chi connectivity index (χ2v) is 4.00. The predicted octanol–water partition coefficient (Wildman–Crippen LogP) is 2.65. The Balaban J connectivity index is 3.07. The van der Waals surface area contributed by atoms with Gasteiger partial charge in [-0.25, -0.2) is 0 Å². The van der Waals surface area contributed by atoms with Gasteiger partial charge in [0.1, 0.15) is 5.78 Å². The zero-order valence-corrected chi connectivity index (χ0v) is 10.6. The van der Waals surface area contributed by atoms with Gasteiger partial charge in [-0.15, -0.1) is 0 Å². The van der Waals surface area contributed by atoms with Crippen LogP contribution in [0.1, 0.15) is 20.8 Å². The third-order valence-corrected chi connectivity index (χ3v) is 2.63. The maximum Gasteiger partial charge on any atom is 0.202 e. The van der Waals surface area contributed by atoms with Crippen LogP contribution in [0.15, 0.2) is 23.3 Å². The van der Waals surface area contributed by atoms with Crippen molar-refractivity contribution >= 4 is 17.4 Å². The molecule has 1 rings (SSSR count). The van der Waals surface area contributed by atoms with Crippen LogP contribution < -0.4 is 0 Å². The van der Waals surface area contributed by atoms with Crippen LogP contribution in [0.5, 0.6) is 0 Å². The number of allylic oxidation sites excluding steroid dienone is 2. The lowest BCUT2D eigenvalue weighted by Gasteiger charge is -2.36. The van der Waals surface area contributed by atoms with E-state index in [0.29, 0.717) is 18.2 Å². The molecule has 0 fully saturated rings. The van der Waals surface area contributed by atoms with Crippen LogP contribution in [0.25, 0.3) is 0 Å². The molecule has 1 unspecified atom stereocenters. The molecule has 90 valence electrons. The molecule has 0 bridgehead atoms. The second-order valence-electron chi connectivity index (χ2n) is 3.56. The first-order valence-corrected chi connectivity index (χ1v) is 5.78. The molecule has 0 spiro atoms. The molecule has 0 aromatic carbocycles. The van der Waals surface area contributed by atoms with Crippen molar-refractivity contribution in [3.05, 3.63) is 23.3 Å². The summed E-state index contributed by atoms with van der Waals surface area (Å²) in [5, 5.41) is 0.527. The molecule has 3 nitrogen and oxygen atoms in total. The summed E-state index contributed by atoms with van der Waals surface area (Å²) in [4.78, 5) is 11.6. The van der Waals surface area contributed by atoms with Crippen molar-refractivity contribution < 1.29 is 14.3 Å². The molecule has 0 saturated carbocycles. The van der Waals surface area contributed by atoms with Gasteiger partial charge in [0.25, 0.3) is 0 Å². The van der Waals surface area contributed by atoms with Gasteiger partial charge in [0.2, 0.25) is 5.79 Å². The number of halogens is 1. The van der Waals surface area contributed by atoms with E-state index in [1.165, 1.54) is 6.92 Å². The summed E-state index contributed by atoms with van der Waals surface area (Å²) >= 11 is 5.95. The van der Waals surface area contributed by atoms with Gasteiger partial charge >= 0.3 is 0 Å². The first kappa shape index (κ1) is 13.4. The maximum absolute atomic E-state index is 11.6. The highest BCUT2D eigenvalue weighted by Gasteiger charge is 2.42. The van der Waals surface area contributed by atoms with Gasteiger partial charge in [0, 0.05) is 18.2 Å². The van der Waals surface area contributed by atoms with Crippen molar-refractivity contribution in [3.8, 4) is 0 Å². The number of rotatable bonds is 5. The molecule has 0 saturated heterocycles. The largest absolute Gasteiger partial charge is 0.346 e. The summed E-state index contributed by atoms with van der Waals surface area (Å²) in [5.74, 6) is -1.48. The van der Waals surface area contributed by atoms with Crippen LogP contribution in [-0.2, 0) is 14.3 Å². The van der Waals surface area contributed by atoms with E-state index in [1.54, 1.807) is 18.2 Å². The molecule has 0 aromatic rings. The van der Waals surface area contributed by atoms with E-state index in [4.69, 9.17) is 21.1 Å². The Kier molecular flexibility index (Phi) is 4.71. The fourth-order valence-electron chi connectivity index (χ4n) is 1.83. The minimum atomic E-state index is -1.04. The molecule has 1 atom stereocenters. The Morgan fingerprint density at radius 1 is 1.44 bits per heavy atom. The molecule has 4 heteroatoms. The van der Waals surface area contributed by atoms with Crippen molar-refractivity contribution in [1.29, 1.82) is 0 Å². The molecule has 0 aromatic heterocycles. The summed E-state index contributed by atoms with van der Waals surface area (Å²) in [5.41, 5.74) is 0. The lowest BCUT2D eigenvalue weighted by molar-refractivity contribution is -0.220. The summed E-state index contributed by atoms with van der Waals surface area (Å²) in [7, 11) is 0. The van der Waals surface area contributed by atoms with Crippen LogP contribution in [-0.4, -0.2) is 24.8 Å². The van der Waals surface area contributed by atoms with Gasteiger partial charge < -0.3 is 9.47 Å². The minimum Gasteiger partial charge on any atom is -0.346 e. The van der Waals surface area contributed by atoms with Gasteiger partial charge in [0.15, 0.2) is 0 Å². The molecular formula is C12H17ClO3. The summed E-state index contributed by atoms with van der Waals surface area (Å²) in [6.07, 6.45) is 5.09. The zero-order chi connectivity index (χ0) is 12.2. The van der Waals surface area contributed by atoms with Crippen LogP contribution in [0.2, 0.25) is 0 Å². The Bertz CT molecular complexity index is 314. The van der Waals surface area contributed by atoms with E-state index in [1.807, 2.05) is 13.8 Å². The van der Waals surface area contributed by atoms with Gasteiger partial charge in [0.05, 0.1) is 5.92 Å². The third kappa shape index (κ3) is 2.73. The van der Waals surface area contributed by atoms with E-state index in [0.717, 1.165) is 0 Å². The van der Waals surface area contributed by atoms with Crippen LogP contribution in [0.4, 0.5) is 0 Å². The maximum atomic E-state index is 11.6. The standard InChI is InChI=1S/C12H17ClO3/c1-4-15-12(16-5-2)8-10(13)6-7-11(12)9(3)14/h6-8,11H,4-5H2,1-3H3. The Morgan fingerprint density at radius 2 is 2.00 bits per heavy atom. The lowest BCUT2D eigenvalue weighted by atomic mass is 9.90. The van der Waals surface area contributed by atoms with Gasteiger partial charge in [-0.3, -0.25) is 4.79 Å². The smallest absolute Gasteiger partial charge is 0.202 e. The average molecular weight is 245 g/mol. The van der Waals surface area contributed by atoms with Crippen molar-refractivity contribution in [2.24, 2.45) is 5.92 Å². The SMILES string of the molecule is CCOC1(OCC)C=C(Cl)C=CC1C(C)=O. The summed E-state index contributed by atoms with van der Waals surface area (Å²) < 4.78 is 11.2. The van der Waals surface area contributed by atoms with E-state index in [2.05, 4.69) is 0 Å². The number of hydrogen-bond donors (Lipinski definition) is 0. The number of carbonyl (C=O) groups excluding carboxylic acids is 1.